The fourth-order valence-electron chi connectivity index (χ4n) is 2.63. The largest absolute Gasteiger partial charge is 0.480 e. The molecule has 7 nitrogen and oxygen atoms in total. The number of piperidine rings is 1. The monoisotopic (exact) mass is 354 g/mol. The number of nitrogens with one attached hydrogen (secondary N) is 1. The summed E-state index contributed by atoms with van der Waals surface area (Å²) in [5.41, 5.74) is 0.217. The minimum absolute atomic E-state index is 0.138. The standard InChI is InChI=1S/C16H22N2O5S/c1-11-4-3-9-18(10-11)24(22,23)14-7-5-13(6-8-14)15(19)17-12(2)16(20)21/h5-8,11-12H,3-4,9-10H2,1-2H3,(H,17,19)(H,20,21)/t11?,12-/m1/s1. The molecular weight excluding hydrogens is 332 g/mol. The average molecular weight is 354 g/mol. The molecule has 24 heavy (non-hydrogen) atoms. The number of carbonyl (C=O) groups excluding carboxylic acids is 1. The van der Waals surface area contributed by atoms with Crippen molar-refractivity contribution in [1.29, 1.82) is 0 Å². The molecule has 0 aromatic heterocycles. The molecule has 1 heterocycles. The van der Waals surface area contributed by atoms with Gasteiger partial charge in [-0.1, -0.05) is 6.92 Å². The molecule has 2 N–H and O–H groups in total. The topological polar surface area (TPSA) is 104 Å². The molecule has 1 aromatic rings. The minimum Gasteiger partial charge on any atom is -0.480 e. The molecule has 1 fully saturated rings. The van der Waals surface area contributed by atoms with Crippen molar-refractivity contribution in [1.82, 2.24) is 9.62 Å². The first-order valence-electron chi connectivity index (χ1n) is 7.85. The van der Waals surface area contributed by atoms with Gasteiger partial charge in [-0.2, -0.15) is 4.31 Å². The van der Waals surface area contributed by atoms with Crippen LogP contribution in [0.4, 0.5) is 0 Å². The number of carboxylic acid groups (broad SMARTS) is 1. The van der Waals surface area contributed by atoms with Gasteiger partial charge in [-0.3, -0.25) is 9.59 Å². The summed E-state index contributed by atoms with van der Waals surface area (Å²) < 4.78 is 26.7. The summed E-state index contributed by atoms with van der Waals surface area (Å²) >= 11 is 0. The number of sulfonamides is 1. The van der Waals surface area contributed by atoms with Gasteiger partial charge in [0.25, 0.3) is 5.91 Å². The first kappa shape index (κ1) is 18.4. The van der Waals surface area contributed by atoms with E-state index >= 15 is 0 Å². The lowest BCUT2D eigenvalue weighted by atomic mass is 10.0. The van der Waals surface area contributed by atoms with Crippen molar-refractivity contribution in [3.8, 4) is 0 Å². The molecule has 2 atom stereocenters. The van der Waals surface area contributed by atoms with Crippen LogP contribution in [0.1, 0.15) is 37.0 Å². The second kappa shape index (κ2) is 7.31. The van der Waals surface area contributed by atoms with E-state index in [9.17, 15) is 18.0 Å². The van der Waals surface area contributed by atoms with Gasteiger partial charge in [-0.05, 0) is 49.9 Å². The molecule has 1 aliphatic rings. The van der Waals surface area contributed by atoms with Crippen molar-refractivity contribution in [2.45, 2.75) is 37.6 Å². The number of benzene rings is 1. The lowest BCUT2D eigenvalue weighted by Crippen LogP contribution is -2.39. The van der Waals surface area contributed by atoms with E-state index < -0.39 is 27.9 Å². The number of amides is 1. The summed E-state index contributed by atoms with van der Waals surface area (Å²) in [4.78, 5) is 22.8. The van der Waals surface area contributed by atoms with Gasteiger partial charge in [-0.25, -0.2) is 8.42 Å². The van der Waals surface area contributed by atoms with E-state index in [1.165, 1.54) is 35.5 Å². The average Bonchev–Trinajstić information content (AvgIpc) is 2.54. The van der Waals surface area contributed by atoms with Gasteiger partial charge < -0.3 is 10.4 Å². The quantitative estimate of drug-likeness (QED) is 0.830. The van der Waals surface area contributed by atoms with E-state index in [0.29, 0.717) is 19.0 Å². The zero-order valence-electron chi connectivity index (χ0n) is 13.7. The Balaban J connectivity index is 2.13. The molecule has 2 rings (SSSR count). The fraction of sp³-hybridized carbons (Fsp3) is 0.500. The Hall–Kier alpha value is -1.93. The lowest BCUT2D eigenvalue weighted by molar-refractivity contribution is -0.138. The van der Waals surface area contributed by atoms with E-state index in [4.69, 9.17) is 5.11 Å². The van der Waals surface area contributed by atoms with Crippen molar-refractivity contribution in [2.75, 3.05) is 13.1 Å². The van der Waals surface area contributed by atoms with Crippen molar-refractivity contribution < 1.29 is 23.1 Å². The summed E-state index contributed by atoms with van der Waals surface area (Å²) in [6.07, 6.45) is 1.86. The van der Waals surface area contributed by atoms with Crippen LogP contribution in [0.5, 0.6) is 0 Å². The number of nitrogens with zero attached hydrogens (tertiary/aromatic N) is 1. The van der Waals surface area contributed by atoms with Gasteiger partial charge in [0.15, 0.2) is 0 Å². The van der Waals surface area contributed by atoms with Crippen LogP contribution >= 0.6 is 0 Å². The van der Waals surface area contributed by atoms with Gasteiger partial charge in [0, 0.05) is 18.7 Å². The zero-order valence-corrected chi connectivity index (χ0v) is 14.5. The van der Waals surface area contributed by atoms with Crippen LogP contribution in [0.2, 0.25) is 0 Å². The third-order valence-electron chi connectivity index (χ3n) is 4.09. The number of carbonyl (C=O) groups is 2. The highest BCUT2D eigenvalue weighted by atomic mass is 32.2. The molecule has 0 saturated carbocycles. The third kappa shape index (κ3) is 4.12. The predicted octanol–water partition coefficient (Wildman–Crippen LogP) is 1.31. The highest BCUT2D eigenvalue weighted by molar-refractivity contribution is 7.89. The Kier molecular flexibility index (Phi) is 5.61. The van der Waals surface area contributed by atoms with Crippen LogP contribution in [0.15, 0.2) is 29.2 Å². The second-order valence-corrected chi connectivity index (χ2v) is 8.11. The second-order valence-electron chi connectivity index (χ2n) is 6.17. The number of hydrogen-bond acceptors (Lipinski definition) is 4. The Labute approximate surface area is 141 Å². The number of hydrogen-bond donors (Lipinski definition) is 2. The molecule has 1 saturated heterocycles. The van der Waals surface area contributed by atoms with Crippen molar-refractivity contribution in [3.05, 3.63) is 29.8 Å². The SMILES string of the molecule is CC1CCCN(S(=O)(=O)c2ccc(C(=O)N[C@H](C)C(=O)O)cc2)C1. The Morgan fingerprint density at radius 3 is 2.46 bits per heavy atom. The summed E-state index contributed by atoms with van der Waals surface area (Å²) in [6, 6.07) is 4.54. The predicted molar refractivity (Wildman–Crippen MR) is 88.2 cm³/mol. The van der Waals surface area contributed by atoms with Crippen LogP contribution in [0.25, 0.3) is 0 Å². The maximum atomic E-state index is 12.6. The molecule has 1 unspecified atom stereocenters. The number of carboxylic acids is 1. The van der Waals surface area contributed by atoms with Crippen LogP contribution in [0, 0.1) is 5.92 Å². The van der Waals surface area contributed by atoms with Crippen LogP contribution < -0.4 is 5.32 Å². The molecule has 0 aliphatic carbocycles. The van der Waals surface area contributed by atoms with E-state index in [-0.39, 0.29) is 10.5 Å². The molecule has 0 radical (unpaired) electrons. The van der Waals surface area contributed by atoms with Crippen LogP contribution in [0.3, 0.4) is 0 Å². The lowest BCUT2D eigenvalue weighted by Gasteiger charge is -2.30. The maximum Gasteiger partial charge on any atom is 0.325 e. The molecule has 0 bridgehead atoms. The Morgan fingerprint density at radius 1 is 1.29 bits per heavy atom. The molecule has 0 spiro atoms. The summed E-state index contributed by atoms with van der Waals surface area (Å²) in [5.74, 6) is -1.36. The summed E-state index contributed by atoms with van der Waals surface area (Å²) in [7, 11) is -3.57. The highest BCUT2D eigenvalue weighted by Gasteiger charge is 2.28. The van der Waals surface area contributed by atoms with Gasteiger partial charge in [0.05, 0.1) is 4.90 Å². The van der Waals surface area contributed by atoms with E-state index in [1.54, 1.807) is 0 Å². The van der Waals surface area contributed by atoms with Crippen molar-refractivity contribution >= 4 is 21.9 Å². The van der Waals surface area contributed by atoms with Gasteiger partial charge in [-0.15, -0.1) is 0 Å². The minimum atomic E-state index is -3.57. The van der Waals surface area contributed by atoms with Gasteiger partial charge >= 0.3 is 5.97 Å². The smallest absolute Gasteiger partial charge is 0.325 e. The summed E-state index contributed by atoms with van der Waals surface area (Å²) in [5, 5.41) is 11.1. The molecule has 1 amide bonds. The van der Waals surface area contributed by atoms with Crippen molar-refractivity contribution in [3.63, 3.8) is 0 Å². The first-order chi connectivity index (χ1) is 11.2. The Morgan fingerprint density at radius 2 is 1.92 bits per heavy atom. The van der Waals surface area contributed by atoms with Gasteiger partial charge in [0.2, 0.25) is 10.0 Å². The molecule has 1 aromatic carbocycles. The number of rotatable bonds is 5. The van der Waals surface area contributed by atoms with Gasteiger partial charge in [0.1, 0.15) is 6.04 Å². The molecule has 132 valence electrons. The first-order valence-corrected chi connectivity index (χ1v) is 9.29. The Bertz CT molecular complexity index is 714. The normalized spacial score (nSPS) is 20.3. The van der Waals surface area contributed by atoms with E-state index in [2.05, 4.69) is 5.32 Å². The van der Waals surface area contributed by atoms with Crippen molar-refractivity contribution in [2.24, 2.45) is 5.92 Å². The summed E-state index contributed by atoms with van der Waals surface area (Å²) in [6.45, 7) is 4.39. The van der Waals surface area contributed by atoms with Crippen LogP contribution in [-0.2, 0) is 14.8 Å². The fourth-order valence-corrected chi connectivity index (χ4v) is 4.23. The number of aliphatic carboxylic acids is 1. The van der Waals surface area contributed by atoms with E-state index in [0.717, 1.165) is 12.8 Å². The molecule has 1 aliphatic heterocycles. The highest BCUT2D eigenvalue weighted by Crippen LogP contribution is 2.23. The maximum absolute atomic E-state index is 12.6. The van der Waals surface area contributed by atoms with Crippen LogP contribution in [-0.4, -0.2) is 48.8 Å². The molecular formula is C16H22N2O5S. The molecule has 8 heteroatoms. The third-order valence-corrected chi connectivity index (χ3v) is 5.97. The van der Waals surface area contributed by atoms with E-state index in [1.807, 2.05) is 6.92 Å². The zero-order chi connectivity index (χ0) is 17.9.